The minimum absolute atomic E-state index is 0.0338. The van der Waals surface area contributed by atoms with Gasteiger partial charge < -0.3 is 5.32 Å². The largest absolute Gasteiger partial charge is 0.344 e. The molecule has 0 aliphatic rings. The molecule has 0 aliphatic heterocycles. The van der Waals surface area contributed by atoms with Crippen LogP contribution in [0.25, 0.3) is 0 Å². The van der Waals surface area contributed by atoms with Gasteiger partial charge in [-0.2, -0.15) is 0 Å². The van der Waals surface area contributed by atoms with Crippen molar-refractivity contribution in [3.05, 3.63) is 130 Å². The second kappa shape index (κ2) is 11.0. The Kier molecular flexibility index (Phi) is 7.76. The van der Waals surface area contributed by atoms with E-state index in [0.29, 0.717) is 0 Å². The van der Waals surface area contributed by atoms with E-state index in [1.165, 1.54) is 18.2 Å². The molecule has 8 heteroatoms. The number of hydrogen-bond donors (Lipinski definition) is 1. The summed E-state index contributed by atoms with van der Waals surface area (Å²) in [7, 11) is -4.12. The average molecular weight is 525 g/mol. The van der Waals surface area contributed by atoms with Gasteiger partial charge in [-0.05, 0) is 35.4 Å². The quantitative estimate of drug-likeness (QED) is 0.303. The summed E-state index contributed by atoms with van der Waals surface area (Å²) in [5.74, 6) is -0.502. The van der Waals surface area contributed by atoms with Gasteiger partial charge in [0.25, 0.3) is 10.0 Å². The van der Waals surface area contributed by atoms with Gasteiger partial charge in [0.15, 0.2) is 0 Å². The molecular formula is C27H22Cl2N2O3S. The van der Waals surface area contributed by atoms with Crippen LogP contribution in [0.15, 0.2) is 114 Å². The van der Waals surface area contributed by atoms with Gasteiger partial charge in [-0.25, -0.2) is 8.42 Å². The van der Waals surface area contributed by atoms with Crippen LogP contribution in [0.3, 0.4) is 0 Å². The molecule has 4 aromatic rings. The lowest BCUT2D eigenvalue weighted by atomic mass is 9.99. The van der Waals surface area contributed by atoms with Gasteiger partial charge in [-0.1, -0.05) is 108 Å². The van der Waals surface area contributed by atoms with Crippen molar-refractivity contribution in [1.29, 1.82) is 0 Å². The Bertz CT molecular complexity index is 1360. The first-order valence-corrected chi connectivity index (χ1v) is 13.0. The molecule has 4 aromatic carbocycles. The van der Waals surface area contributed by atoms with Crippen LogP contribution < -0.4 is 9.62 Å². The number of nitrogens with zero attached hydrogens (tertiary/aromatic N) is 1. The predicted molar refractivity (Wildman–Crippen MR) is 140 cm³/mol. The number of sulfonamides is 1. The molecule has 1 amide bonds. The molecule has 0 spiro atoms. The topological polar surface area (TPSA) is 66.5 Å². The minimum Gasteiger partial charge on any atom is -0.344 e. The number of anilines is 1. The molecule has 0 saturated heterocycles. The number of nitrogens with one attached hydrogen (secondary N) is 1. The Labute approximate surface area is 215 Å². The third-order valence-corrected chi connectivity index (χ3v) is 7.97. The van der Waals surface area contributed by atoms with E-state index in [1.807, 2.05) is 60.7 Å². The maximum absolute atomic E-state index is 13.6. The first kappa shape index (κ1) is 24.8. The van der Waals surface area contributed by atoms with E-state index in [9.17, 15) is 13.2 Å². The molecule has 0 aliphatic carbocycles. The van der Waals surface area contributed by atoms with Crippen LogP contribution in [-0.4, -0.2) is 20.9 Å². The average Bonchev–Trinajstić information content (AvgIpc) is 2.89. The Morgan fingerprint density at radius 2 is 1.26 bits per heavy atom. The van der Waals surface area contributed by atoms with Crippen molar-refractivity contribution in [3.63, 3.8) is 0 Å². The van der Waals surface area contributed by atoms with E-state index in [-0.39, 0.29) is 20.6 Å². The molecule has 0 radical (unpaired) electrons. The number of carbonyl (C=O) groups is 1. The van der Waals surface area contributed by atoms with E-state index >= 15 is 0 Å². The monoisotopic (exact) mass is 524 g/mol. The van der Waals surface area contributed by atoms with Gasteiger partial charge in [0.05, 0.1) is 26.7 Å². The highest BCUT2D eigenvalue weighted by atomic mass is 35.5. The number of hydrogen-bond acceptors (Lipinski definition) is 3. The van der Waals surface area contributed by atoms with E-state index in [2.05, 4.69) is 5.32 Å². The minimum atomic E-state index is -4.12. The van der Waals surface area contributed by atoms with Crippen LogP contribution in [0.4, 0.5) is 5.69 Å². The summed E-state index contributed by atoms with van der Waals surface area (Å²) in [6.07, 6.45) is 0. The Morgan fingerprint density at radius 3 is 1.80 bits per heavy atom. The molecule has 5 nitrogen and oxygen atoms in total. The third kappa shape index (κ3) is 5.68. The molecule has 4 rings (SSSR count). The molecule has 1 N–H and O–H groups in total. The van der Waals surface area contributed by atoms with Crippen LogP contribution in [0.2, 0.25) is 10.0 Å². The molecule has 0 aromatic heterocycles. The fourth-order valence-corrected chi connectivity index (χ4v) is 5.59. The Hall–Kier alpha value is -3.32. The molecule has 0 fully saturated rings. The van der Waals surface area contributed by atoms with Crippen molar-refractivity contribution in [2.45, 2.75) is 10.9 Å². The number of amides is 1. The van der Waals surface area contributed by atoms with Crippen molar-refractivity contribution >= 4 is 44.8 Å². The van der Waals surface area contributed by atoms with Gasteiger partial charge in [-0.15, -0.1) is 0 Å². The van der Waals surface area contributed by atoms with E-state index < -0.39 is 28.5 Å². The Morgan fingerprint density at radius 1 is 0.743 bits per heavy atom. The van der Waals surface area contributed by atoms with Crippen molar-refractivity contribution < 1.29 is 13.2 Å². The van der Waals surface area contributed by atoms with Gasteiger partial charge >= 0.3 is 0 Å². The summed E-state index contributed by atoms with van der Waals surface area (Å²) in [5.41, 5.74) is 1.85. The first-order valence-electron chi connectivity index (χ1n) is 10.8. The van der Waals surface area contributed by atoms with Gasteiger partial charge in [0.2, 0.25) is 5.91 Å². The van der Waals surface area contributed by atoms with Crippen LogP contribution in [-0.2, 0) is 14.8 Å². The summed E-state index contributed by atoms with van der Waals surface area (Å²) >= 11 is 12.6. The second-order valence-corrected chi connectivity index (χ2v) is 10.4. The summed E-state index contributed by atoms with van der Waals surface area (Å²) in [6, 6.07) is 31.0. The number of halogens is 2. The fraction of sp³-hybridized carbons (Fsp3) is 0.0741. The van der Waals surface area contributed by atoms with Crippen molar-refractivity contribution in [3.8, 4) is 0 Å². The number of benzene rings is 4. The lowest BCUT2D eigenvalue weighted by molar-refractivity contribution is -0.120. The summed E-state index contributed by atoms with van der Waals surface area (Å²) in [4.78, 5) is 13.4. The summed E-state index contributed by atoms with van der Waals surface area (Å²) in [6.45, 7) is -0.493. The highest BCUT2D eigenvalue weighted by Crippen LogP contribution is 2.35. The van der Waals surface area contributed by atoms with Gasteiger partial charge in [0.1, 0.15) is 6.54 Å². The van der Waals surface area contributed by atoms with Crippen LogP contribution >= 0.6 is 23.2 Å². The van der Waals surface area contributed by atoms with Crippen molar-refractivity contribution in [1.82, 2.24) is 5.32 Å². The molecule has 0 bridgehead atoms. The molecule has 0 unspecified atom stereocenters. The summed E-state index contributed by atoms with van der Waals surface area (Å²) in [5, 5.41) is 3.22. The first-order chi connectivity index (χ1) is 16.9. The van der Waals surface area contributed by atoms with Crippen molar-refractivity contribution in [2.75, 3.05) is 10.8 Å². The number of carbonyl (C=O) groups excluding carboxylic acids is 1. The molecule has 0 heterocycles. The standard InChI is InChI=1S/C27H22Cl2N2O3S/c28-23-17-10-18-24(26(23)29)31(35(33,34)22-15-8-3-9-16-22)19-25(32)30-27(20-11-4-1-5-12-20)21-13-6-2-7-14-21/h1-18,27H,19H2,(H,30,32). The highest BCUT2D eigenvalue weighted by molar-refractivity contribution is 7.92. The van der Waals surface area contributed by atoms with Crippen LogP contribution in [0.5, 0.6) is 0 Å². The molecule has 178 valence electrons. The zero-order valence-electron chi connectivity index (χ0n) is 18.5. The van der Waals surface area contributed by atoms with Gasteiger partial charge in [-0.3, -0.25) is 9.10 Å². The third-order valence-electron chi connectivity index (χ3n) is 5.39. The fourth-order valence-electron chi connectivity index (χ4n) is 3.69. The molecule has 0 atom stereocenters. The SMILES string of the molecule is O=C(CN(c1cccc(Cl)c1Cl)S(=O)(=O)c1ccccc1)NC(c1ccccc1)c1ccccc1. The number of rotatable bonds is 8. The van der Waals surface area contributed by atoms with Crippen LogP contribution in [0.1, 0.15) is 17.2 Å². The molecule has 35 heavy (non-hydrogen) atoms. The Balaban J connectivity index is 1.71. The lowest BCUT2D eigenvalue weighted by Crippen LogP contribution is -2.42. The van der Waals surface area contributed by atoms with E-state index in [1.54, 1.807) is 30.3 Å². The van der Waals surface area contributed by atoms with Gasteiger partial charge in [0, 0.05) is 0 Å². The maximum atomic E-state index is 13.6. The van der Waals surface area contributed by atoms with E-state index in [0.717, 1.165) is 15.4 Å². The van der Waals surface area contributed by atoms with E-state index in [4.69, 9.17) is 23.2 Å². The zero-order valence-corrected chi connectivity index (χ0v) is 20.8. The highest BCUT2D eigenvalue weighted by Gasteiger charge is 2.30. The lowest BCUT2D eigenvalue weighted by Gasteiger charge is -2.27. The normalized spacial score (nSPS) is 11.3. The van der Waals surface area contributed by atoms with Crippen molar-refractivity contribution in [2.24, 2.45) is 0 Å². The molecular weight excluding hydrogens is 503 g/mol. The van der Waals surface area contributed by atoms with Crippen LogP contribution in [0, 0.1) is 0 Å². The predicted octanol–water partition coefficient (Wildman–Crippen LogP) is 6.09. The summed E-state index contributed by atoms with van der Waals surface area (Å²) < 4.78 is 28.2. The maximum Gasteiger partial charge on any atom is 0.264 e. The second-order valence-electron chi connectivity index (χ2n) is 7.72. The molecule has 0 saturated carbocycles. The zero-order chi connectivity index (χ0) is 24.8. The smallest absolute Gasteiger partial charge is 0.264 e.